The van der Waals surface area contributed by atoms with Gasteiger partial charge in [-0.1, -0.05) is 42.5 Å². The largest absolute Gasteiger partial charge is 0.330 e. The van der Waals surface area contributed by atoms with E-state index in [2.05, 4.69) is 6.58 Å². The molecule has 0 aliphatic carbocycles. The number of hydrogen-bond acceptors (Lipinski definition) is 4. The van der Waals surface area contributed by atoms with E-state index in [1.807, 2.05) is 41.8 Å². The minimum atomic E-state index is -3.70. The van der Waals surface area contributed by atoms with Gasteiger partial charge >= 0.3 is 0 Å². The van der Waals surface area contributed by atoms with Crippen LogP contribution in [0.4, 0.5) is 0 Å². The SMILES string of the molecule is C=CCN(Cc1cccs1)C(=O)c1cccc(S(=O)(=O)N2CCc3ccccc3C2)c1. The van der Waals surface area contributed by atoms with Crippen LogP contribution in [0.1, 0.15) is 26.4 Å². The van der Waals surface area contributed by atoms with Crippen molar-refractivity contribution in [2.24, 2.45) is 0 Å². The first-order valence-corrected chi connectivity index (χ1v) is 12.4. The highest BCUT2D eigenvalue weighted by Crippen LogP contribution is 2.26. The molecule has 160 valence electrons. The van der Waals surface area contributed by atoms with Gasteiger partial charge in [0.25, 0.3) is 5.91 Å². The second kappa shape index (κ2) is 9.18. The molecule has 0 saturated carbocycles. The van der Waals surface area contributed by atoms with E-state index in [0.717, 1.165) is 10.4 Å². The van der Waals surface area contributed by atoms with Gasteiger partial charge in [0, 0.05) is 30.1 Å². The fourth-order valence-corrected chi connectivity index (χ4v) is 5.95. The molecule has 2 aromatic carbocycles. The van der Waals surface area contributed by atoms with Gasteiger partial charge in [-0.05, 0) is 47.2 Å². The van der Waals surface area contributed by atoms with Crippen LogP contribution < -0.4 is 0 Å². The molecule has 1 aliphatic rings. The van der Waals surface area contributed by atoms with Crippen molar-refractivity contribution in [1.29, 1.82) is 0 Å². The number of nitrogens with zero attached hydrogens (tertiary/aromatic N) is 2. The summed E-state index contributed by atoms with van der Waals surface area (Å²) in [4.78, 5) is 16.0. The number of hydrogen-bond donors (Lipinski definition) is 0. The molecule has 31 heavy (non-hydrogen) atoms. The molecule has 4 rings (SSSR count). The predicted octanol–water partition coefficient (Wildman–Crippen LogP) is 4.32. The molecule has 1 aromatic heterocycles. The van der Waals surface area contributed by atoms with Crippen molar-refractivity contribution in [3.05, 3.63) is 100 Å². The molecular weight excluding hydrogens is 428 g/mol. The van der Waals surface area contributed by atoms with Crippen molar-refractivity contribution < 1.29 is 13.2 Å². The first-order valence-electron chi connectivity index (χ1n) is 10.1. The van der Waals surface area contributed by atoms with Crippen LogP contribution in [0.2, 0.25) is 0 Å². The number of sulfonamides is 1. The molecule has 0 bridgehead atoms. The van der Waals surface area contributed by atoms with E-state index in [0.29, 0.717) is 38.2 Å². The van der Waals surface area contributed by atoms with Crippen LogP contribution in [-0.2, 0) is 29.5 Å². The van der Waals surface area contributed by atoms with Crippen LogP contribution in [0, 0.1) is 0 Å². The molecule has 5 nitrogen and oxygen atoms in total. The highest BCUT2D eigenvalue weighted by molar-refractivity contribution is 7.89. The summed E-state index contributed by atoms with van der Waals surface area (Å²) in [5.41, 5.74) is 2.57. The maximum atomic E-state index is 13.3. The maximum absolute atomic E-state index is 13.3. The Labute approximate surface area is 187 Å². The minimum absolute atomic E-state index is 0.146. The van der Waals surface area contributed by atoms with Gasteiger partial charge in [0.1, 0.15) is 0 Å². The normalized spacial score (nSPS) is 14.1. The molecule has 0 saturated heterocycles. The van der Waals surface area contributed by atoms with E-state index in [1.54, 1.807) is 40.5 Å². The summed E-state index contributed by atoms with van der Waals surface area (Å²) >= 11 is 1.58. The van der Waals surface area contributed by atoms with Gasteiger partial charge in [0.05, 0.1) is 11.4 Å². The quantitative estimate of drug-likeness (QED) is 0.502. The molecule has 7 heteroatoms. The van der Waals surface area contributed by atoms with Crippen LogP contribution in [0.3, 0.4) is 0 Å². The lowest BCUT2D eigenvalue weighted by Crippen LogP contribution is -2.36. The third-order valence-electron chi connectivity index (χ3n) is 5.38. The first kappa shape index (κ1) is 21.5. The van der Waals surface area contributed by atoms with Crippen molar-refractivity contribution in [3.8, 4) is 0 Å². The Morgan fingerprint density at radius 3 is 2.65 bits per heavy atom. The molecule has 0 N–H and O–H groups in total. The highest BCUT2D eigenvalue weighted by atomic mass is 32.2. The lowest BCUT2D eigenvalue weighted by molar-refractivity contribution is 0.0764. The monoisotopic (exact) mass is 452 g/mol. The average molecular weight is 453 g/mol. The Hall–Kier alpha value is -2.74. The van der Waals surface area contributed by atoms with Gasteiger partial charge in [0.2, 0.25) is 10.0 Å². The van der Waals surface area contributed by atoms with Crippen LogP contribution in [0.5, 0.6) is 0 Å². The van der Waals surface area contributed by atoms with E-state index in [-0.39, 0.29) is 10.8 Å². The van der Waals surface area contributed by atoms with Gasteiger partial charge in [-0.2, -0.15) is 4.31 Å². The van der Waals surface area contributed by atoms with Crippen molar-refractivity contribution in [3.63, 3.8) is 0 Å². The van der Waals surface area contributed by atoms with Gasteiger partial charge in [-0.3, -0.25) is 4.79 Å². The van der Waals surface area contributed by atoms with Crippen LogP contribution in [0.15, 0.2) is 83.6 Å². The Morgan fingerprint density at radius 1 is 1.10 bits per heavy atom. The maximum Gasteiger partial charge on any atom is 0.254 e. The number of carbonyl (C=O) groups excluding carboxylic acids is 1. The summed E-state index contributed by atoms with van der Waals surface area (Å²) in [6, 6.07) is 18.2. The topological polar surface area (TPSA) is 57.7 Å². The second-order valence-electron chi connectivity index (χ2n) is 7.44. The number of fused-ring (bicyclic) bond motifs is 1. The van der Waals surface area contributed by atoms with Crippen molar-refractivity contribution >= 4 is 27.3 Å². The van der Waals surface area contributed by atoms with E-state index in [1.165, 1.54) is 15.9 Å². The summed E-state index contributed by atoms with van der Waals surface area (Å²) in [5, 5.41) is 1.97. The lowest BCUT2D eigenvalue weighted by Gasteiger charge is -2.28. The van der Waals surface area contributed by atoms with Crippen molar-refractivity contribution in [2.45, 2.75) is 24.4 Å². The molecule has 1 aliphatic heterocycles. The fraction of sp³-hybridized carbons (Fsp3) is 0.208. The standard InChI is InChI=1S/C24H24N2O3S2/c1-2-13-25(18-22-10-6-15-30-22)24(27)20-9-5-11-23(16-20)31(28,29)26-14-12-19-7-3-4-8-21(19)17-26/h2-11,15-16H,1,12-14,17-18H2. The average Bonchev–Trinajstić information content (AvgIpc) is 3.31. The van der Waals surface area contributed by atoms with Gasteiger partial charge in [-0.15, -0.1) is 17.9 Å². The van der Waals surface area contributed by atoms with Crippen molar-refractivity contribution in [2.75, 3.05) is 13.1 Å². The highest BCUT2D eigenvalue weighted by Gasteiger charge is 2.29. The zero-order chi connectivity index (χ0) is 21.8. The summed E-state index contributed by atoms with van der Waals surface area (Å²) in [6.07, 6.45) is 2.36. The number of carbonyl (C=O) groups is 1. The van der Waals surface area contributed by atoms with Crippen LogP contribution in [-0.4, -0.2) is 36.6 Å². The number of rotatable bonds is 7. The van der Waals surface area contributed by atoms with Crippen molar-refractivity contribution in [1.82, 2.24) is 9.21 Å². The smallest absolute Gasteiger partial charge is 0.254 e. The molecule has 0 radical (unpaired) electrons. The summed E-state index contributed by atoms with van der Waals surface area (Å²) < 4.78 is 28.1. The molecule has 3 aromatic rings. The zero-order valence-corrected chi connectivity index (χ0v) is 18.7. The molecule has 0 spiro atoms. The van der Waals surface area contributed by atoms with E-state index < -0.39 is 10.0 Å². The molecular formula is C24H24N2O3S2. The first-order chi connectivity index (χ1) is 15.0. The van der Waals surface area contributed by atoms with Crippen LogP contribution >= 0.6 is 11.3 Å². The number of amides is 1. The van der Waals surface area contributed by atoms with Gasteiger partial charge < -0.3 is 4.90 Å². The fourth-order valence-electron chi connectivity index (χ4n) is 3.76. The molecule has 0 fully saturated rings. The van der Waals surface area contributed by atoms with E-state index in [4.69, 9.17) is 0 Å². The second-order valence-corrected chi connectivity index (χ2v) is 10.4. The Bertz CT molecular complexity index is 1190. The van der Waals surface area contributed by atoms with Gasteiger partial charge in [0.15, 0.2) is 0 Å². The number of benzene rings is 2. The zero-order valence-electron chi connectivity index (χ0n) is 17.1. The van der Waals surface area contributed by atoms with Gasteiger partial charge in [-0.25, -0.2) is 8.42 Å². The molecule has 0 atom stereocenters. The Balaban J connectivity index is 1.58. The Kier molecular flexibility index (Phi) is 6.36. The van der Waals surface area contributed by atoms with E-state index in [9.17, 15) is 13.2 Å². The van der Waals surface area contributed by atoms with Crippen LogP contribution in [0.25, 0.3) is 0 Å². The molecule has 0 unspecified atom stereocenters. The Morgan fingerprint density at radius 2 is 1.90 bits per heavy atom. The minimum Gasteiger partial charge on any atom is -0.330 e. The third-order valence-corrected chi connectivity index (χ3v) is 8.08. The number of thiophene rings is 1. The summed E-state index contributed by atoms with van der Waals surface area (Å²) in [7, 11) is -3.70. The lowest BCUT2D eigenvalue weighted by atomic mass is 10.0. The third kappa shape index (κ3) is 4.63. The summed E-state index contributed by atoms with van der Waals surface area (Å²) in [6.45, 7) is 5.37. The molecule has 2 heterocycles. The van der Waals surface area contributed by atoms with E-state index >= 15 is 0 Å². The predicted molar refractivity (Wildman–Crippen MR) is 123 cm³/mol. The summed E-state index contributed by atoms with van der Waals surface area (Å²) in [5.74, 6) is -0.214. The molecule has 1 amide bonds.